The lowest BCUT2D eigenvalue weighted by Crippen LogP contribution is -2.38. The van der Waals surface area contributed by atoms with E-state index in [2.05, 4.69) is 58.6 Å². The van der Waals surface area contributed by atoms with Crippen molar-refractivity contribution in [1.29, 1.82) is 0 Å². The van der Waals surface area contributed by atoms with Crippen molar-refractivity contribution in [3.05, 3.63) is 35.4 Å². The molecular formula is C20H35IN4O. The van der Waals surface area contributed by atoms with Crippen molar-refractivity contribution in [3.8, 4) is 0 Å². The van der Waals surface area contributed by atoms with Crippen LogP contribution in [0.15, 0.2) is 29.3 Å². The highest BCUT2D eigenvalue weighted by atomic mass is 127. The first-order valence-corrected chi connectivity index (χ1v) is 9.52. The number of piperidine rings is 1. The van der Waals surface area contributed by atoms with Gasteiger partial charge in [0.2, 0.25) is 0 Å². The van der Waals surface area contributed by atoms with Crippen LogP contribution in [-0.4, -0.2) is 50.8 Å². The molecule has 1 aliphatic heterocycles. The van der Waals surface area contributed by atoms with Crippen molar-refractivity contribution in [3.63, 3.8) is 0 Å². The van der Waals surface area contributed by atoms with E-state index in [1.165, 1.54) is 37.1 Å². The van der Waals surface area contributed by atoms with E-state index in [1.807, 2.05) is 0 Å². The third kappa shape index (κ3) is 8.68. The molecule has 2 N–H and O–H groups in total. The van der Waals surface area contributed by atoms with Crippen molar-refractivity contribution in [2.45, 2.75) is 39.8 Å². The normalized spacial score (nSPS) is 18.3. The zero-order valence-electron chi connectivity index (χ0n) is 16.5. The molecule has 1 fully saturated rings. The number of likely N-dealkylation sites (tertiary alicyclic amines) is 1. The summed E-state index contributed by atoms with van der Waals surface area (Å²) in [7, 11) is 1.71. The molecule has 0 aromatic heterocycles. The Kier molecular flexibility index (Phi) is 11.9. The predicted molar refractivity (Wildman–Crippen MR) is 120 cm³/mol. The molecule has 0 radical (unpaired) electrons. The van der Waals surface area contributed by atoms with Gasteiger partial charge in [-0.3, -0.25) is 4.90 Å². The van der Waals surface area contributed by atoms with E-state index in [-0.39, 0.29) is 24.0 Å². The van der Waals surface area contributed by atoms with Gasteiger partial charge in [-0.05, 0) is 43.4 Å². The standard InChI is InChI=1S/C20H34N4O.HI/c1-4-21-20(22-11-13-25-3)23-14-18-7-9-19(10-8-18)16-24-12-5-6-17(2)15-24;/h7-10,17H,4-6,11-16H2,1-3H3,(H2,21,22,23);1H. The fraction of sp³-hybridized carbons (Fsp3) is 0.650. The van der Waals surface area contributed by atoms with Gasteiger partial charge in [-0.25, -0.2) is 4.99 Å². The highest BCUT2D eigenvalue weighted by molar-refractivity contribution is 14.0. The lowest BCUT2D eigenvalue weighted by molar-refractivity contribution is 0.176. The summed E-state index contributed by atoms with van der Waals surface area (Å²) < 4.78 is 5.07. The molecule has 0 amide bonds. The molecule has 0 spiro atoms. The van der Waals surface area contributed by atoms with Gasteiger partial charge in [0, 0.05) is 33.3 Å². The number of nitrogens with one attached hydrogen (secondary N) is 2. The lowest BCUT2D eigenvalue weighted by Gasteiger charge is -2.30. The van der Waals surface area contributed by atoms with E-state index in [4.69, 9.17) is 4.74 Å². The minimum atomic E-state index is 0. The van der Waals surface area contributed by atoms with Gasteiger partial charge in [-0.15, -0.1) is 24.0 Å². The largest absolute Gasteiger partial charge is 0.383 e. The molecule has 1 saturated heterocycles. The van der Waals surface area contributed by atoms with Gasteiger partial charge in [0.15, 0.2) is 5.96 Å². The molecule has 2 rings (SSSR count). The Hall–Kier alpha value is -0.860. The summed E-state index contributed by atoms with van der Waals surface area (Å²) in [5, 5.41) is 6.53. The van der Waals surface area contributed by atoms with Crippen molar-refractivity contribution >= 4 is 29.9 Å². The average Bonchev–Trinajstić information content (AvgIpc) is 2.61. The van der Waals surface area contributed by atoms with Crippen LogP contribution < -0.4 is 10.6 Å². The van der Waals surface area contributed by atoms with E-state index < -0.39 is 0 Å². The molecular weight excluding hydrogens is 439 g/mol. The molecule has 1 atom stereocenters. The summed E-state index contributed by atoms with van der Waals surface area (Å²) in [6.45, 7) is 10.9. The number of hydrogen-bond acceptors (Lipinski definition) is 3. The van der Waals surface area contributed by atoms with E-state index in [1.54, 1.807) is 7.11 Å². The fourth-order valence-corrected chi connectivity index (χ4v) is 3.22. The topological polar surface area (TPSA) is 48.9 Å². The summed E-state index contributed by atoms with van der Waals surface area (Å²) in [5.41, 5.74) is 2.63. The quantitative estimate of drug-likeness (QED) is 0.263. The molecule has 26 heavy (non-hydrogen) atoms. The van der Waals surface area contributed by atoms with Crippen LogP contribution in [0.4, 0.5) is 0 Å². The number of rotatable bonds is 8. The molecule has 0 bridgehead atoms. The molecule has 0 saturated carbocycles. The molecule has 5 nitrogen and oxygen atoms in total. The third-order valence-corrected chi connectivity index (χ3v) is 4.53. The van der Waals surface area contributed by atoms with Gasteiger partial charge >= 0.3 is 0 Å². The Balaban J connectivity index is 0.00000338. The first-order chi connectivity index (χ1) is 12.2. The zero-order valence-corrected chi connectivity index (χ0v) is 18.8. The Labute approximate surface area is 176 Å². The summed E-state index contributed by atoms with van der Waals surface area (Å²) in [6, 6.07) is 8.89. The van der Waals surface area contributed by atoms with Crippen LogP contribution in [0.1, 0.15) is 37.8 Å². The van der Waals surface area contributed by atoms with Crippen LogP contribution in [0.3, 0.4) is 0 Å². The SMILES string of the molecule is CCNC(=NCc1ccc(CN2CCCC(C)C2)cc1)NCCOC.I. The summed E-state index contributed by atoms with van der Waals surface area (Å²) in [4.78, 5) is 7.21. The summed E-state index contributed by atoms with van der Waals surface area (Å²) in [6.07, 6.45) is 2.71. The summed E-state index contributed by atoms with van der Waals surface area (Å²) in [5.74, 6) is 1.67. The fourth-order valence-electron chi connectivity index (χ4n) is 3.22. The zero-order chi connectivity index (χ0) is 17.9. The molecule has 0 aliphatic carbocycles. The van der Waals surface area contributed by atoms with Gasteiger partial charge in [0.25, 0.3) is 0 Å². The number of halogens is 1. The smallest absolute Gasteiger partial charge is 0.191 e. The third-order valence-electron chi connectivity index (χ3n) is 4.53. The minimum absolute atomic E-state index is 0. The van der Waals surface area contributed by atoms with Crippen molar-refractivity contribution in [2.75, 3.05) is 39.9 Å². The molecule has 6 heteroatoms. The molecule has 1 aromatic rings. The molecule has 148 valence electrons. The van der Waals surface area contributed by atoms with Crippen LogP contribution >= 0.6 is 24.0 Å². The Bertz CT molecular complexity index is 521. The van der Waals surface area contributed by atoms with Gasteiger partial charge in [-0.2, -0.15) is 0 Å². The number of aliphatic imine (C=N–C) groups is 1. The van der Waals surface area contributed by atoms with Crippen LogP contribution in [0, 0.1) is 5.92 Å². The first-order valence-electron chi connectivity index (χ1n) is 9.52. The minimum Gasteiger partial charge on any atom is -0.383 e. The Morgan fingerprint density at radius 3 is 2.62 bits per heavy atom. The highest BCUT2D eigenvalue weighted by Crippen LogP contribution is 2.18. The molecule has 1 heterocycles. The van der Waals surface area contributed by atoms with Crippen LogP contribution in [0.5, 0.6) is 0 Å². The molecule has 1 aromatic carbocycles. The van der Waals surface area contributed by atoms with Crippen molar-refractivity contribution in [2.24, 2.45) is 10.9 Å². The second-order valence-electron chi connectivity index (χ2n) is 6.91. The second kappa shape index (κ2) is 13.3. The van der Waals surface area contributed by atoms with Crippen molar-refractivity contribution < 1.29 is 4.74 Å². The first kappa shape index (κ1) is 23.2. The number of hydrogen-bond donors (Lipinski definition) is 2. The Morgan fingerprint density at radius 1 is 1.23 bits per heavy atom. The maximum Gasteiger partial charge on any atom is 0.191 e. The maximum atomic E-state index is 5.07. The van der Waals surface area contributed by atoms with E-state index in [0.29, 0.717) is 13.2 Å². The van der Waals surface area contributed by atoms with E-state index in [0.717, 1.165) is 31.5 Å². The number of methoxy groups -OCH3 is 1. The summed E-state index contributed by atoms with van der Waals surface area (Å²) >= 11 is 0. The van der Waals surface area contributed by atoms with E-state index in [9.17, 15) is 0 Å². The van der Waals surface area contributed by atoms with E-state index >= 15 is 0 Å². The maximum absolute atomic E-state index is 5.07. The molecule has 1 aliphatic rings. The van der Waals surface area contributed by atoms with Gasteiger partial charge in [0.05, 0.1) is 13.2 Å². The van der Waals surface area contributed by atoms with Crippen LogP contribution in [0.25, 0.3) is 0 Å². The van der Waals surface area contributed by atoms with Crippen LogP contribution in [-0.2, 0) is 17.8 Å². The predicted octanol–water partition coefficient (Wildman–Crippen LogP) is 3.24. The highest BCUT2D eigenvalue weighted by Gasteiger charge is 2.15. The second-order valence-corrected chi connectivity index (χ2v) is 6.91. The number of nitrogens with zero attached hydrogens (tertiary/aromatic N) is 2. The van der Waals surface area contributed by atoms with Gasteiger partial charge in [0.1, 0.15) is 0 Å². The molecule has 1 unspecified atom stereocenters. The van der Waals surface area contributed by atoms with Gasteiger partial charge < -0.3 is 15.4 Å². The number of benzene rings is 1. The Morgan fingerprint density at radius 2 is 1.96 bits per heavy atom. The number of guanidine groups is 1. The average molecular weight is 474 g/mol. The number of ether oxygens (including phenoxy) is 1. The lowest BCUT2D eigenvalue weighted by atomic mass is 9.99. The van der Waals surface area contributed by atoms with Crippen molar-refractivity contribution in [1.82, 2.24) is 15.5 Å². The van der Waals surface area contributed by atoms with Gasteiger partial charge in [-0.1, -0.05) is 31.2 Å². The van der Waals surface area contributed by atoms with Crippen LogP contribution in [0.2, 0.25) is 0 Å². The monoisotopic (exact) mass is 474 g/mol.